The second kappa shape index (κ2) is 7.90. The monoisotopic (exact) mass is 376 g/mol. The van der Waals surface area contributed by atoms with Gasteiger partial charge in [0.05, 0.1) is 11.2 Å². The predicted octanol–water partition coefficient (Wildman–Crippen LogP) is 3.30. The maximum absolute atomic E-state index is 12.8. The number of rotatable bonds is 5. The highest BCUT2D eigenvalue weighted by Crippen LogP contribution is 2.40. The summed E-state index contributed by atoms with van der Waals surface area (Å²) in [5.41, 5.74) is 1.29. The van der Waals surface area contributed by atoms with E-state index in [0.29, 0.717) is 18.2 Å². The molecular formula is C20H32N4O3. The molecule has 2 N–H and O–H groups in total. The van der Waals surface area contributed by atoms with Crippen molar-refractivity contribution in [2.45, 2.75) is 89.8 Å². The van der Waals surface area contributed by atoms with Crippen LogP contribution in [0.2, 0.25) is 0 Å². The maximum Gasteiger partial charge on any atom is 0.356 e. The summed E-state index contributed by atoms with van der Waals surface area (Å²) in [5.74, 6) is 0.209. The van der Waals surface area contributed by atoms with Crippen molar-refractivity contribution >= 4 is 12.0 Å². The number of ether oxygens (including phenoxy) is 1. The van der Waals surface area contributed by atoms with Crippen molar-refractivity contribution in [2.75, 3.05) is 6.54 Å². The summed E-state index contributed by atoms with van der Waals surface area (Å²) < 4.78 is 7.61. The van der Waals surface area contributed by atoms with Gasteiger partial charge in [-0.1, -0.05) is 0 Å². The minimum Gasteiger partial charge on any atom is -0.458 e. The van der Waals surface area contributed by atoms with Crippen molar-refractivity contribution in [3.05, 3.63) is 17.5 Å². The van der Waals surface area contributed by atoms with Gasteiger partial charge in [-0.15, -0.1) is 0 Å². The Balaban J connectivity index is 1.58. The first-order chi connectivity index (χ1) is 12.8. The molecule has 1 heterocycles. The number of hydrogen-bond acceptors (Lipinski definition) is 4. The lowest BCUT2D eigenvalue weighted by Gasteiger charge is -2.29. The van der Waals surface area contributed by atoms with E-state index in [0.717, 1.165) is 44.2 Å². The molecule has 150 valence electrons. The highest BCUT2D eigenvalue weighted by atomic mass is 16.5. The molecule has 0 saturated heterocycles. The van der Waals surface area contributed by atoms with Gasteiger partial charge < -0.3 is 15.4 Å². The van der Waals surface area contributed by atoms with E-state index < -0.39 is 0 Å². The third-order valence-electron chi connectivity index (χ3n) is 5.19. The van der Waals surface area contributed by atoms with E-state index in [1.807, 2.05) is 38.4 Å². The average Bonchev–Trinajstić information content (AvgIpc) is 3.33. The zero-order chi connectivity index (χ0) is 19.6. The van der Waals surface area contributed by atoms with Crippen molar-refractivity contribution in [2.24, 2.45) is 0 Å². The topological polar surface area (TPSA) is 85.2 Å². The summed E-state index contributed by atoms with van der Waals surface area (Å²) in [6.45, 7) is 8.65. The van der Waals surface area contributed by atoms with E-state index in [9.17, 15) is 9.59 Å². The van der Waals surface area contributed by atoms with Gasteiger partial charge >= 0.3 is 12.0 Å². The first-order valence-corrected chi connectivity index (χ1v) is 10.1. The molecular weight excluding hydrogens is 344 g/mol. The van der Waals surface area contributed by atoms with Crippen LogP contribution in [0.25, 0.3) is 0 Å². The average molecular weight is 377 g/mol. The highest BCUT2D eigenvalue weighted by molar-refractivity contribution is 5.88. The first-order valence-electron chi connectivity index (χ1n) is 10.1. The lowest BCUT2D eigenvalue weighted by molar-refractivity contribution is 0.0168. The van der Waals surface area contributed by atoms with Crippen molar-refractivity contribution < 1.29 is 14.3 Å². The van der Waals surface area contributed by atoms with Crippen LogP contribution in [0.1, 0.15) is 88.3 Å². The number of nitrogens with zero attached hydrogens (tertiary/aromatic N) is 2. The fraction of sp³-hybridized carbons (Fsp3) is 0.750. The molecule has 2 aliphatic rings. The second-order valence-electron chi connectivity index (χ2n) is 8.69. The smallest absolute Gasteiger partial charge is 0.356 e. The van der Waals surface area contributed by atoms with Crippen molar-refractivity contribution in [1.29, 1.82) is 0 Å². The fourth-order valence-electron chi connectivity index (χ4n) is 3.57. The van der Waals surface area contributed by atoms with Gasteiger partial charge in [-0.05, 0) is 72.3 Å². The number of urea groups is 1. The lowest BCUT2D eigenvalue weighted by atomic mass is 9.93. The standard InChI is InChI=1S/C20H32N4O3/c1-5-21-19(26)22-14-8-10-15(11-9-14)27-18(25)17-12-16(13-6-7-13)23-24(17)20(2,3)4/h12-15H,5-11H2,1-4H3,(H2,21,22,26). The third kappa shape index (κ3) is 5.02. The van der Waals surface area contributed by atoms with Crippen LogP contribution < -0.4 is 10.6 Å². The molecule has 2 saturated carbocycles. The van der Waals surface area contributed by atoms with Gasteiger partial charge in [0.15, 0.2) is 0 Å². The Hall–Kier alpha value is -2.05. The van der Waals surface area contributed by atoms with Crippen molar-refractivity contribution in [3.8, 4) is 0 Å². The number of carbonyl (C=O) groups excluding carboxylic acids is 2. The Kier molecular flexibility index (Phi) is 5.77. The van der Waals surface area contributed by atoms with Crippen molar-refractivity contribution in [3.63, 3.8) is 0 Å². The van der Waals surface area contributed by atoms with Crippen LogP contribution in [0, 0.1) is 0 Å². The van der Waals surface area contributed by atoms with E-state index in [1.165, 1.54) is 0 Å². The second-order valence-corrected chi connectivity index (χ2v) is 8.69. The van der Waals surface area contributed by atoms with E-state index in [-0.39, 0.29) is 29.7 Å². The molecule has 0 bridgehead atoms. The predicted molar refractivity (Wildman–Crippen MR) is 103 cm³/mol. The molecule has 3 rings (SSSR count). The molecule has 0 atom stereocenters. The summed E-state index contributed by atoms with van der Waals surface area (Å²) in [4.78, 5) is 24.5. The highest BCUT2D eigenvalue weighted by Gasteiger charge is 2.33. The molecule has 0 spiro atoms. The Morgan fingerprint density at radius 3 is 2.41 bits per heavy atom. The van der Waals surface area contributed by atoms with Gasteiger partial charge in [-0.3, -0.25) is 4.68 Å². The molecule has 7 heteroatoms. The van der Waals surface area contributed by atoms with Crippen LogP contribution in [0.5, 0.6) is 0 Å². The Morgan fingerprint density at radius 2 is 1.85 bits per heavy atom. The first kappa shape index (κ1) is 19.7. The normalized spacial score (nSPS) is 23.0. The SMILES string of the molecule is CCNC(=O)NC1CCC(OC(=O)c2cc(C3CC3)nn2C(C)(C)C)CC1. The summed E-state index contributed by atoms with van der Waals surface area (Å²) in [6.07, 6.45) is 5.37. The van der Waals surface area contributed by atoms with E-state index in [1.54, 1.807) is 0 Å². The minimum absolute atomic E-state index is 0.0996. The number of amides is 2. The molecule has 7 nitrogen and oxygen atoms in total. The number of carbonyl (C=O) groups is 2. The van der Waals surface area contributed by atoms with Gasteiger partial charge in [-0.25, -0.2) is 9.59 Å². The number of nitrogens with one attached hydrogen (secondary N) is 2. The summed E-state index contributed by atoms with van der Waals surface area (Å²) in [6, 6.07) is 1.93. The summed E-state index contributed by atoms with van der Waals surface area (Å²) in [5, 5.41) is 10.4. The van der Waals surface area contributed by atoms with Gasteiger partial charge in [0.1, 0.15) is 11.8 Å². The van der Waals surface area contributed by atoms with E-state index in [2.05, 4.69) is 15.7 Å². The fourth-order valence-corrected chi connectivity index (χ4v) is 3.57. The minimum atomic E-state index is -0.288. The molecule has 2 fully saturated rings. The van der Waals surface area contributed by atoms with Crippen LogP contribution >= 0.6 is 0 Å². The molecule has 0 unspecified atom stereocenters. The number of aromatic nitrogens is 2. The number of esters is 1. The molecule has 2 amide bonds. The number of hydrogen-bond donors (Lipinski definition) is 2. The Morgan fingerprint density at radius 1 is 1.19 bits per heavy atom. The van der Waals surface area contributed by atoms with Gasteiger partial charge in [-0.2, -0.15) is 5.10 Å². The van der Waals surface area contributed by atoms with Crippen LogP contribution in [0.3, 0.4) is 0 Å². The van der Waals surface area contributed by atoms with Crippen LogP contribution in [0.15, 0.2) is 6.07 Å². The van der Waals surface area contributed by atoms with Crippen LogP contribution in [-0.2, 0) is 10.3 Å². The zero-order valence-corrected chi connectivity index (χ0v) is 16.9. The molecule has 0 aromatic carbocycles. The van der Waals surface area contributed by atoms with Gasteiger partial charge in [0, 0.05) is 18.5 Å². The molecule has 2 aliphatic carbocycles. The maximum atomic E-state index is 12.8. The van der Waals surface area contributed by atoms with Crippen LogP contribution in [-0.4, -0.2) is 40.5 Å². The van der Waals surface area contributed by atoms with Crippen LogP contribution in [0.4, 0.5) is 4.79 Å². The zero-order valence-electron chi connectivity index (χ0n) is 16.9. The summed E-state index contributed by atoms with van der Waals surface area (Å²) in [7, 11) is 0. The lowest BCUT2D eigenvalue weighted by Crippen LogP contribution is -2.44. The molecule has 27 heavy (non-hydrogen) atoms. The van der Waals surface area contributed by atoms with E-state index >= 15 is 0 Å². The quantitative estimate of drug-likeness (QED) is 0.772. The Labute approximate surface area is 161 Å². The van der Waals surface area contributed by atoms with Gasteiger partial charge in [0.2, 0.25) is 0 Å². The Bertz CT molecular complexity index is 680. The molecule has 1 aromatic heterocycles. The van der Waals surface area contributed by atoms with Gasteiger partial charge in [0.25, 0.3) is 0 Å². The van der Waals surface area contributed by atoms with Crippen molar-refractivity contribution in [1.82, 2.24) is 20.4 Å². The summed E-state index contributed by atoms with van der Waals surface area (Å²) >= 11 is 0. The largest absolute Gasteiger partial charge is 0.458 e. The molecule has 0 aliphatic heterocycles. The van der Waals surface area contributed by atoms with E-state index in [4.69, 9.17) is 4.74 Å². The molecule has 1 aromatic rings. The molecule has 0 radical (unpaired) electrons. The third-order valence-corrected chi connectivity index (χ3v) is 5.19.